The van der Waals surface area contributed by atoms with Gasteiger partial charge in [-0.25, -0.2) is 0 Å². The van der Waals surface area contributed by atoms with Crippen LogP contribution in [0.15, 0.2) is 58.3 Å². The summed E-state index contributed by atoms with van der Waals surface area (Å²) in [5.74, 6) is 0. The summed E-state index contributed by atoms with van der Waals surface area (Å²) in [5, 5.41) is 2.68. The first-order valence-corrected chi connectivity index (χ1v) is 7.17. The van der Waals surface area contributed by atoms with E-state index in [1.165, 1.54) is 9.79 Å². The number of hydrogen-bond donors (Lipinski definition) is 1. The number of anilines is 2. The van der Waals surface area contributed by atoms with Crippen LogP contribution < -0.4 is 10.2 Å². The molecule has 0 aromatic heterocycles. The molecule has 3 rings (SSSR count). The maximum Gasteiger partial charge on any atom is 0.0553 e. The highest BCUT2D eigenvalue weighted by Crippen LogP contribution is 2.47. The highest BCUT2D eigenvalue weighted by atomic mass is 32.2. The van der Waals surface area contributed by atoms with Crippen LogP contribution in [0.1, 0.15) is 11.0 Å². The van der Waals surface area contributed by atoms with Gasteiger partial charge in [0.05, 0.1) is 11.4 Å². The van der Waals surface area contributed by atoms with E-state index >= 15 is 0 Å². The summed E-state index contributed by atoms with van der Waals surface area (Å²) in [7, 11) is 0. The van der Waals surface area contributed by atoms with E-state index in [0.29, 0.717) is 6.54 Å². The van der Waals surface area contributed by atoms with Gasteiger partial charge in [0.2, 0.25) is 0 Å². The summed E-state index contributed by atoms with van der Waals surface area (Å²) in [4.78, 5) is 4.59. The molecule has 19 heavy (non-hydrogen) atoms. The fourth-order valence-corrected chi connectivity index (χ4v) is 3.39. The maximum atomic E-state index is 7.37. The van der Waals surface area contributed by atoms with Crippen molar-refractivity contribution in [2.75, 3.05) is 18.4 Å². The number of nitrogens with zero attached hydrogens (tertiary/aromatic N) is 1. The van der Waals surface area contributed by atoms with Gasteiger partial charge in [0.15, 0.2) is 0 Å². The van der Waals surface area contributed by atoms with Crippen molar-refractivity contribution in [1.29, 1.82) is 0 Å². The summed E-state index contributed by atoms with van der Waals surface area (Å²) in [6.07, 6.45) is 0. The summed E-state index contributed by atoms with van der Waals surface area (Å²) >= 11 is 1.75. The van der Waals surface area contributed by atoms with Gasteiger partial charge in [0.1, 0.15) is 0 Å². The van der Waals surface area contributed by atoms with E-state index in [-0.39, 0.29) is 6.04 Å². The van der Waals surface area contributed by atoms with Crippen LogP contribution in [0.2, 0.25) is 0 Å². The van der Waals surface area contributed by atoms with E-state index in [0.717, 1.165) is 11.4 Å². The van der Waals surface area contributed by atoms with Crippen LogP contribution in [0.4, 0.5) is 11.4 Å². The van der Waals surface area contributed by atoms with Crippen molar-refractivity contribution < 1.29 is 4.11 Å². The predicted octanol–water partition coefficient (Wildman–Crippen LogP) is 3.90. The Hall–Kier alpha value is -1.45. The molecule has 2 nitrogen and oxygen atoms in total. The normalized spacial score (nSPS) is 17.7. The second-order valence-electron chi connectivity index (χ2n) is 4.69. The van der Waals surface area contributed by atoms with Gasteiger partial charge in [-0.3, -0.25) is 0 Å². The fourth-order valence-electron chi connectivity index (χ4n) is 2.30. The molecule has 3 heteroatoms. The van der Waals surface area contributed by atoms with Gasteiger partial charge in [-0.1, -0.05) is 36.0 Å². The number of fused-ring (bicyclic) bond motifs is 2. The summed E-state index contributed by atoms with van der Waals surface area (Å²) in [6.45, 7) is 0.384. The molecule has 0 saturated carbocycles. The van der Waals surface area contributed by atoms with E-state index in [1.54, 1.807) is 11.8 Å². The van der Waals surface area contributed by atoms with E-state index in [1.807, 2.05) is 31.2 Å². The Morgan fingerprint density at radius 1 is 1.11 bits per heavy atom. The molecule has 1 N–H and O–H groups in total. The monoisotopic (exact) mass is 273 g/mol. The van der Waals surface area contributed by atoms with Gasteiger partial charge in [0, 0.05) is 26.5 Å². The standard InChI is InChI=1S/C16H18N2S/c1-12(17-2)11-18-13-7-3-5-9-15(13)19-16-10-6-4-8-14(16)18/h3-10,12,17H,11H2,1-2H3/i2D3. The zero-order valence-electron chi connectivity index (χ0n) is 13.8. The Morgan fingerprint density at radius 3 is 2.26 bits per heavy atom. The molecule has 1 atom stereocenters. The van der Waals surface area contributed by atoms with Gasteiger partial charge < -0.3 is 10.2 Å². The first-order chi connectivity index (χ1) is 10.4. The molecule has 0 aliphatic carbocycles. The van der Waals surface area contributed by atoms with Gasteiger partial charge in [-0.2, -0.15) is 0 Å². The molecule has 0 spiro atoms. The molecule has 1 heterocycles. The molecule has 98 valence electrons. The number of para-hydroxylation sites is 2. The molecule has 0 radical (unpaired) electrons. The molecule has 2 aromatic rings. The van der Waals surface area contributed by atoms with Gasteiger partial charge >= 0.3 is 0 Å². The molecule has 2 aromatic carbocycles. The molecular weight excluding hydrogens is 252 g/mol. The first kappa shape index (κ1) is 9.45. The molecule has 0 bridgehead atoms. The van der Waals surface area contributed by atoms with Crippen molar-refractivity contribution in [2.24, 2.45) is 0 Å². The van der Waals surface area contributed by atoms with E-state index < -0.39 is 6.98 Å². The Balaban J connectivity index is 1.93. The number of hydrogen-bond acceptors (Lipinski definition) is 3. The topological polar surface area (TPSA) is 15.3 Å². The van der Waals surface area contributed by atoms with Crippen molar-refractivity contribution in [2.45, 2.75) is 22.8 Å². The number of likely N-dealkylation sites (N-methyl/N-ethyl adjacent to an activating group) is 1. The Morgan fingerprint density at radius 2 is 1.68 bits per heavy atom. The minimum absolute atomic E-state index is 0.156. The molecule has 1 unspecified atom stereocenters. The third-order valence-electron chi connectivity index (χ3n) is 3.23. The summed E-state index contributed by atoms with van der Waals surface area (Å²) in [5.41, 5.74) is 2.26. The van der Waals surface area contributed by atoms with Crippen LogP contribution in [0, 0.1) is 0 Å². The third kappa shape index (κ3) is 2.36. The fraction of sp³-hybridized carbons (Fsp3) is 0.250. The first-order valence-electron chi connectivity index (χ1n) is 7.85. The van der Waals surface area contributed by atoms with E-state index in [9.17, 15) is 0 Å². The zero-order valence-corrected chi connectivity index (χ0v) is 11.6. The SMILES string of the molecule is [2H]C([2H])([2H])NC(C)CN1c2ccccc2Sc2ccccc21. The Labute approximate surface area is 123 Å². The van der Waals surface area contributed by atoms with Crippen molar-refractivity contribution in [1.82, 2.24) is 5.32 Å². The van der Waals surface area contributed by atoms with Crippen LogP contribution >= 0.6 is 11.8 Å². The van der Waals surface area contributed by atoms with Crippen LogP contribution in [0.3, 0.4) is 0 Å². The third-order valence-corrected chi connectivity index (χ3v) is 4.37. The van der Waals surface area contributed by atoms with E-state index in [4.69, 9.17) is 4.11 Å². The van der Waals surface area contributed by atoms with Crippen molar-refractivity contribution >= 4 is 23.1 Å². The molecule has 0 saturated heterocycles. The summed E-state index contributed by atoms with van der Waals surface area (Å²) in [6, 6.07) is 16.3. The van der Waals surface area contributed by atoms with Crippen molar-refractivity contribution in [3.63, 3.8) is 0 Å². The summed E-state index contributed by atoms with van der Waals surface area (Å²) < 4.78 is 22.1. The highest BCUT2D eigenvalue weighted by molar-refractivity contribution is 7.99. The molecule has 1 aliphatic rings. The Kier molecular flexibility index (Phi) is 2.62. The van der Waals surface area contributed by atoms with Crippen LogP contribution in [-0.4, -0.2) is 19.6 Å². The van der Waals surface area contributed by atoms with Gasteiger partial charge in [0.25, 0.3) is 0 Å². The zero-order chi connectivity index (χ0) is 15.7. The quantitative estimate of drug-likeness (QED) is 0.913. The molecule has 0 amide bonds. The minimum Gasteiger partial charge on any atom is -0.338 e. The molecule has 0 fully saturated rings. The minimum atomic E-state index is -2.12. The van der Waals surface area contributed by atoms with Crippen LogP contribution in [-0.2, 0) is 0 Å². The number of nitrogens with one attached hydrogen (secondary N) is 1. The number of benzene rings is 2. The van der Waals surface area contributed by atoms with Crippen LogP contribution in [0.5, 0.6) is 0 Å². The van der Waals surface area contributed by atoms with Crippen molar-refractivity contribution in [3.05, 3.63) is 48.5 Å². The second-order valence-corrected chi connectivity index (χ2v) is 5.78. The average Bonchev–Trinajstić information content (AvgIpc) is 2.45. The van der Waals surface area contributed by atoms with Crippen LogP contribution in [0.25, 0.3) is 0 Å². The lowest BCUT2D eigenvalue weighted by Crippen LogP contribution is -2.36. The molecular formula is C16H18N2S. The van der Waals surface area contributed by atoms with Crippen molar-refractivity contribution in [3.8, 4) is 0 Å². The number of rotatable bonds is 3. The van der Waals surface area contributed by atoms with Gasteiger partial charge in [-0.15, -0.1) is 0 Å². The highest BCUT2D eigenvalue weighted by Gasteiger charge is 2.23. The Bertz CT molecular complexity index is 627. The lowest BCUT2D eigenvalue weighted by Gasteiger charge is -2.34. The largest absolute Gasteiger partial charge is 0.338 e. The smallest absolute Gasteiger partial charge is 0.0553 e. The lowest BCUT2D eigenvalue weighted by atomic mass is 10.2. The maximum absolute atomic E-state index is 7.37. The van der Waals surface area contributed by atoms with Gasteiger partial charge in [-0.05, 0) is 38.2 Å². The molecule has 1 aliphatic heterocycles. The predicted molar refractivity (Wildman–Crippen MR) is 82.5 cm³/mol. The van der Waals surface area contributed by atoms with E-state index in [2.05, 4.69) is 34.5 Å². The average molecular weight is 273 g/mol. The second kappa shape index (κ2) is 5.27. The lowest BCUT2D eigenvalue weighted by molar-refractivity contribution is 0.611.